The van der Waals surface area contributed by atoms with E-state index in [9.17, 15) is 4.79 Å². The van der Waals surface area contributed by atoms with Gasteiger partial charge in [0.15, 0.2) is 0 Å². The summed E-state index contributed by atoms with van der Waals surface area (Å²) < 4.78 is 0.692. The number of hydrogen-bond donors (Lipinski definition) is 1. The standard InChI is InChI=1S/C18H35N2O/c1-4-5-7-16-10-17(19)13-20(12-16,18(21)14(2)3)11-15-8-6-9-15/h14-17H,4-13,19H2,1-3H3/q+1. The van der Waals surface area contributed by atoms with Gasteiger partial charge in [-0.3, -0.25) is 4.48 Å². The van der Waals surface area contributed by atoms with Crippen LogP contribution in [0.15, 0.2) is 0 Å². The third-order valence-corrected chi connectivity index (χ3v) is 5.59. The summed E-state index contributed by atoms with van der Waals surface area (Å²) >= 11 is 0. The summed E-state index contributed by atoms with van der Waals surface area (Å²) in [6.45, 7) is 9.37. The smallest absolute Gasteiger partial charge is 0.316 e. The number of nitrogens with zero attached hydrogens (tertiary/aromatic N) is 1. The van der Waals surface area contributed by atoms with Crippen molar-refractivity contribution in [2.45, 2.75) is 71.8 Å². The Kier molecular flexibility index (Phi) is 5.84. The summed E-state index contributed by atoms with van der Waals surface area (Å²) in [5.41, 5.74) is 6.38. The first-order valence-electron chi connectivity index (χ1n) is 9.13. The van der Waals surface area contributed by atoms with Gasteiger partial charge in [0.2, 0.25) is 0 Å². The molecule has 21 heavy (non-hydrogen) atoms. The molecule has 2 N–H and O–H groups in total. The van der Waals surface area contributed by atoms with Gasteiger partial charge in [0.05, 0.1) is 25.0 Å². The molecule has 0 aromatic heterocycles. The SMILES string of the molecule is CCCCC1CC(N)C[N+](CC2CCC2)(C(=O)C(C)C)C1. The van der Waals surface area contributed by atoms with Crippen molar-refractivity contribution in [2.24, 2.45) is 23.5 Å². The van der Waals surface area contributed by atoms with Crippen LogP contribution in [0, 0.1) is 17.8 Å². The third-order valence-electron chi connectivity index (χ3n) is 5.59. The van der Waals surface area contributed by atoms with Crippen LogP contribution < -0.4 is 5.73 Å². The zero-order valence-electron chi connectivity index (χ0n) is 14.3. The highest BCUT2D eigenvalue weighted by molar-refractivity contribution is 5.71. The Bertz CT molecular complexity index is 351. The molecule has 1 aliphatic heterocycles. The molecule has 2 rings (SSSR count). The Morgan fingerprint density at radius 3 is 2.48 bits per heavy atom. The molecular formula is C18H35N2O+. The summed E-state index contributed by atoms with van der Waals surface area (Å²) in [5, 5.41) is 0. The first kappa shape index (κ1) is 17.0. The molecule has 1 heterocycles. The fraction of sp³-hybridized carbons (Fsp3) is 0.944. The summed E-state index contributed by atoms with van der Waals surface area (Å²) in [4.78, 5) is 13.0. The van der Waals surface area contributed by atoms with E-state index in [0.717, 1.165) is 32.0 Å². The Hall–Kier alpha value is -0.410. The van der Waals surface area contributed by atoms with Gasteiger partial charge in [-0.2, -0.15) is 0 Å². The number of likely N-dealkylation sites (tertiary alicyclic amines) is 1. The normalized spacial score (nSPS) is 34.0. The fourth-order valence-corrected chi connectivity index (χ4v) is 4.43. The molecule has 0 aromatic carbocycles. The molecule has 3 unspecified atom stereocenters. The van der Waals surface area contributed by atoms with Gasteiger partial charge in [0.1, 0.15) is 6.54 Å². The lowest BCUT2D eigenvalue weighted by Gasteiger charge is -2.48. The van der Waals surface area contributed by atoms with Crippen molar-refractivity contribution in [1.82, 2.24) is 0 Å². The van der Waals surface area contributed by atoms with Crippen molar-refractivity contribution in [3.05, 3.63) is 0 Å². The molecular weight excluding hydrogens is 260 g/mol. The van der Waals surface area contributed by atoms with Gasteiger partial charge >= 0.3 is 5.91 Å². The number of carbonyl (C=O) groups is 1. The molecule has 3 nitrogen and oxygen atoms in total. The maximum atomic E-state index is 13.0. The molecule has 2 fully saturated rings. The average molecular weight is 295 g/mol. The molecule has 0 aromatic rings. The predicted octanol–water partition coefficient (Wildman–Crippen LogP) is 3.32. The Labute approximate surface area is 130 Å². The maximum absolute atomic E-state index is 13.0. The number of amides is 1. The van der Waals surface area contributed by atoms with Crippen molar-refractivity contribution < 1.29 is 9.28 Å². The number of hydrogen-bond acceptors (Lipinski definition) is 2. The summed E-state index contributed by atoms with van der Waals surface area (Å²) in [5.74, 6) is 1.99. The minimum Gasteiger partial charge on any atom is -0.323 e. The summed E-state index contributed by atoms with van der Waals surface area (Å²) in [6.07, 6.45) is 8.88. The second-order valence-electron chi connectivity index (χ2n) is 7.99. The Morgan fingerprint density at radius 1 is 1.24 bits per heavy atom. The van der Waals surface area contributed by atoms with Gasteiger partial charge in [0.25, 0.3) is 0 Å². The van der Waals surface area contributed by atoms with Crippen molar-refractivity contribution in [3.8, 4) is 0 Å². The van der Waals surface area contributed by atoms with E-state index < -0.39 is 0 Å². The molecule has 122 valence electrons. The van der Waals surface area contributed by atoms with Crippen molar-refractivity contribution in [1.29, 1.82) is 0 Å². The molecule has 1 saturated heterocycles. The minimum atomic E-state index is 0.127. The number of carbonyl (C=O) groups excluding carboxylic acids is 1. The number of quaternary nitrogens is 1. The first-order valence-corrected chi connectivity index (χ1v) is 9.13. The van der Waals surface area contributed by atoms with Crippen LogP contribution in [0.25, 0.3) is 0 Å². The zero-order valence-corrected chi connectivity index (χ0v) is 14.3. The molecule has 1 saturated carbocycles. The van der Waals surface area contributed by atoms with Crippen LogP contribution in [0.5, 0.6) is 0 Å². The van der Waals surface area contributed by atoms with Crippen LogP contribution in [0.4, 0.5) is 0 Å². The van der Waals surface area contributed by atoms with Crippen LogP contribution >= 0.6 is 0 Å². The molecule has 1 aliphatic carbocycles. The van der Waals surface area contributed by atoms with Crippen LogP contribution in [-0.4, -0.2) is 36.1 Å². The van der Waals surface area contributed by atoms with Crippen molar-refractivity contribution in [2.75, 3.05) is 19.6 Å². The van der Waals surface area contributed by atoms with E-state index >= 15 is 0 Å². The topological polar surface area (TPSA) is 43.1 Å². The molecule has 0 bridgehead atoms. The van der Waals surface area contributed by atoms with Gasteiger partial charge in [-0.05, 0) is 39.5 Å². The van der Waals surface area contributed by atoms with E-state index in [1.54, 1.807) is 0 Å². The summed E-state index contributed by atoms with van der Waals surface area (Å²) in [7, 11) is 0. The zero-order chi connectivity index (χ0) is 15.5. The van der Waals surface area contributed by atoms with E-state index in [-0.39, 0.29) is 12.0 Å². The number of rotatable bonds is 6. The van der Waals surface area contributed by atoms with Crippen molar-refractivity contribution in [3.63, 3.8) is 0 Å². The third kappa shape index (κ3) is 4.07. The molecule has 1 amide bonds. The van der Waals surface area contributed by atoms with E-state index in [1.165, 1.54) is 38.5 Å². The Balaban J connectivity index is 2.13. The maximum Gasteiger partial charge on any atom is 0.316 e. The number of piperidine rings is 1. The van der Waals surface area contributed by atoms with Gasteiger partial charge in [-0.25, -0.2) is 4.79 Å². The monoisotopic (exact) mass is 295 g/mol. The molecule has 3 heteroatoms. The van der Waals surface area contributed by atoms with Crippen molar-refractivity contribution >= 4 is 5.91 Å². The van der Waals surface area contributed by atoms with E-state index in [2.05, 4.69) is 20.8 Å². The number of unbranched alkanes of at least 4 members (excludes halogenated alkanes) is 1. The molecule has 0 radical (unpaired) electrons. The van der Waals surface area contributed by atoms with E-state index in [0.29, 0.717) is 16.3 Å². The van der Waals surface area contributed by atoms with Crippen LogP contribution in [0.3, 0.4) is 0 Å². The lowest BCUT2D eigenvalue weighted by atomic mass is 9.81. The predicted molar refractivity (Wildman–Crippen MR) is 87.7 cm³/mol. The minimum absolute atomic E-state index is 0.127. The highest BCUT2D eigenvalue weighted by Gasteiger charge is 2.47. The van der Waals surface area contributed by atoms with Crippen LogP contribution in [-0.2, 0) is 4.79 Å². The largest absolute Gasteiger partial charge is 0.323 e. The van der Waals surface area contributed by atoms with Crippen LogP contribution in [0.1, 0.15) is 65.7 Å². The lowest BCUT2D eigenvalue weighted by Crippen LogP contribution is -2.66. The van der Waals surface area contributed by atoms with Gasteiger partial charge in [-0.15, -0.1) is 0 Å². The van der Waals surface area contributed by atoms with Crippen LogP contribution in [0.2, 0.25) is 0 Å². The highest BCUT2D eigenvalue weighted by atomic mass is 16.2. The molecule has 3 atom stereocenters. The quantitative estimate of drug-likeness (QED) is 0.764. The average Bonchev–Trinajstić information content (AvgIpc) is 2.39. The second kappa shape index (κ2) is 7.23. The Morgan fingerprint density at radius 2 is 1.95 bits per heavy atom. The lowest BCUT2D eigenvalue weighted by molar-refractivity contribution is -0.870. The second-order valence-corrected chi connectivity index (χ2v) is 7.99. The van der Waals surface area contributed by atoms with Gasteiger partial charge in [0, 0.05) is 11.8 Å². The summed E-state index contributed by atoms with van der Waals surface area (Å²) in [6, 6.07) is 0.211. The first-order chi connectivity index (χ1) is 9.97. The fourth-order valence-electron chi connectivity index (χ4n) is 4.43. The molecule has 2 aliphatic rings. The van der Waals surface area contributed by atoms with Gasteiger partial charge in [-0.1, -0.05) is 26.2 Å². The van der Waals surface area contributed by atoms with Gasteiger partial charge < -0.3 is 5.73 Å². The number of nitrogens with two attached hydrogens (primary N) is 1. The highest BCUT2D eigenvalue weighted by Crippen LogP contribution is 2.35. The van der Waals surface area contributed by atoms with E-state index in [1.807, 2.05) is 0 Å². The molecule has 0 spiro atoms. The van der Waals surface area contributed by atoms with E-state index in [4.69, 9.17) is 5.73 Å².